The molecular formula is C21H34IN3O3. The van der Waals surface area contributed by atoms with Crippen molar-refractivity contribution >= 4 is 29.9 Å². The van der Waals surface area contributed by atoms with E-state index in [-0.39, 0.29) is 24.0 Å². The maximum Gasteiger partial charge on any atom is 0.193 e. The Balaban J connectivity index is 0.00000280. The Morgan fingerprint density at radius 1 is 1.11 bits per heavy atom. The minimum Gasteiger partial charge on any atom is -0.496 e. The molecule has 0 bridgehead atoms. The lowest BCUT2D eigenvalue weighted by Crippen LogP contribution is -2.42. The molecule has 2 aliphatic rings. The maximum absolute atomic E-state index is 5.55. The summed E-state index contributed by atoms with van der Waals surface area (Å²) in [4.78, 5) is 7.33. The molecular weight excluding hydrogens is 469 g/mol. The summed E-state index contributed by atoms with van der Waals surface area (Å²) in [6.45, 7) is 5.96. The number of guanidine groups is 1. The molecule has 0 amide bonds. The standard InChI is InChI=1S/C21H33N3O3.HI/c1-5-22-20(24-12-10-21(15-24)8-6-9-21)23-11-7-17-18(26-3)13-16(25-2)14-19(17)27-4;/h13-14H,5-12,15H2,1-4H3,(H,22,23);1H. The molecule has 2 fully saturated rings. The summed E-state index contributed by atoms with van der Waals surface area (Å²) in [5.41, 5.74) is 1.59. The van der Waals surface area contributed by atoms with Crippen LogP contribution in [0.3, 0.4) is 0 Å². The fraction of sp³-hybridized carbons (Fsp3) is 0.667. The van der Waals surface area contributed by atoms with E-state index in [4.69, 9.17) is 19.2 Å². The minimum atomic E-state index is 0. The molecule has 0 aromatic heterocycles. The highest BCUT2D eigenvalue weighted by molar-refractivity contribution is 14.0. The molecule has 1 saturated heterocycles. The Labute approximate surface area is 186 Å². The van der Waals surface area contributed by atoms with Crippen molar-refractivity contribution in [1.29, 1.82) is 0 Å². The van der Waals surface area contributed by atoms with Crippen LogP contribution in [0.4, 0.5) is 0 Å². The number of halogens is 1. The molecule has 28 heavy (non-hydrogen) atoms. The third-order valence-electron chi connectivity index (χ3n) is 5.93. The van der Waals surface area contributed by atoms with Gasteiger partial charge in [0.15, 0.2) is 5.96 Å². The van der Waals surface area contributed by atoms with E-state index in [2.05, 4.69) is 17.1 Å². The normalized spacial score (nSPS) is 17.7. The second-order valence-corrected chi connectivity index (χ2v) is 7.52. The SMILES string of the molecule is CCNC(=NCCc1c(OC)cc(OC)cc1OC)N1CCC2(CCC2)C1.I. The smallest absolute Gasteiger partial charge is 0.193 e. The van der Waals surface area contributed by atoms with E-state index >= 15 is 0 Å². The van der Waals surface area contributed by atoms with Gasteiger partial charge in [0.2, 0.25) is 0 Å². The quantitative estimate of drug-likeness (QED) is 0.350. The predicted octanol–water partition coefficient (Wildman–Crippen LogP) is 3.71. The van der Waals surface area contributed by atoms with Gasteiger partial charge in [-0.3, -0.25) is 4.99 Å². The van der Waals surface area contributed by atoms with Crippen LogP contribution in [0.1, 0.15) is 38.2 Å². The van der Waals surface area contributed by atoms with Gasteiger partial charge in [0, 0.05) is 43.9 Å². The third kappa shape index (κ3) is 4.96. The van der Waals surface area contributed by atoms with Crippen LogP contribution in [-0.2, 0) is 6.42 Å². The minimum absolute atomic E-state index is 0. The lowest BCUT2D eigenvalue weighted by molar-refractivity contribution is 0.151. The summed E-state index contributed by atoms with van der Waals surface area (Å²) in [6, 6.07) is 3.79. The summed E-state index contributed by atoms with van der Waals surface area (Å²) < 4.78 is 16.4. The van der Waals surface area contributed by atoms with Crippen LogP contribution in [0.15, 0.2) is 17.1 Å². The fourth-order valence-electron chi connectivity index (χ4n) is 4.22. The second-order valence-electron chi connectivity index (χ2n) is 7.52. The lowest BCUT2D eigenvalue weighted by Gasteiger charge is -2.38. The van der Waals surface area contributed by atoms with Crippen molar-refractivity contribution in [3.05, 3.63) is 17.7 Å². The van der Waals surface area contributed by atoms with Crippen LogP contribution in [0.25, 0.3) is 0 Å². The van der Waals surface area contributed by atoms with Crippen LogP contribution in [0.2, 0.25) is 0 Å². The van der Waals surface area contributed by atoms with E-state index in [1.54, 1.807) is 21.3 Å². The molecule has 1 aromatic carbocycles. The summed E-state index contributed by atoms with van der Waals surface area (Å²) in [6.07, 6.45) is 6.20. The van der Waals surface area contributed by atoms with E-state index in [9.17, 15) is 0 Å². The van der Waals surface area contributed by atoms with E-state index in [0.29, 0.717) is 12.0 Å². The molecule has 1 N–H and O–H groups in total. The fourth-order valence-corrected chi connectivity index (χ4v) is 4.22. The molecule has 7 heteroatoms. The maximum atomic E-state index is 5.55. The summed E-state index contributed by atoms with van der Waals surface area (Å²) in [5.74, 6) is 3.32. The van der Waals surface area contributed by atoms with Crippen LogP contribution in [0.5, 0.6) is 17.2 Å². The van der Waals surface area contributed by atoms with Crippen LogP contribution < -0.4 is 19.5 Å². The van der Waals surface area contributed by atoms with Gasteiger partial charge in [0.1, 0.15) is 17.2 Å². The van der Waals surface area contributed by atoms with Crippen LogP contribution >= 0.6 is 24.0 Å². The van der Waals surface area contributed by atoms with Gasteiger partial charge in [-0.2, -0.15) is 0 Å². The molecule has 1 heterocycles. The molecule has 1 spiro atoms. The zero-order valence-electron chi connectivity index (χ0n) is 17.5. The number of likely N-dealkylation sites (tertiary alicyclic amines) is 1. The van der Waals surface area contributed by atoms with Gasteiger partial charge >= 0.3 is 0 Å². The molecule has 1 saturated carbocycles. The van der Waals surface area contributed by atoms with E-state index in [0.717, 1.165) is 54.8 Å². The van der Waals surface area contributed by atoms with Crippen molar-refractivity contribution < 1.29 is 14.2 Å². The highest BCUT2D eigenvalue weighted by Crippen LogP contribution is 2.47. The molecule has 1 aliphatic carbocycles. The molecule has 158 valence electrons. The number of ether oxygens (including phenoxy) is 3. The van der Waals surface area contributed by atoms with E-state index in [1.165, 1.54) is 25.7 Å². The zero-order chi connectivity index (χ0) is 19.3. The van der Waals surface area contributed by atoms with Crippen molar-refractivity contribution in [3.63, 3.8) is 0 Å². The third-order valence-corrected chi connectivity index (χ3v) is 5.93. The van der Waals surface area contributed by atoms with E-state index in [1.807, 2.05) is 12.1 Å². The van der Waals surface area contributed by atoms with Gasteiger partial charge in [0.25, 0.3) is 0 Å². The number of methoxy groups -OCH3 is 3. The Bertz CT molecular complexity index is 652. The molecule has 6 nitrogen and oxygen atoms in total. The average molecular weight is 503 g/mol. The monoisotopic (exact) mass is 503 g/mol. The van der Waals surface area contributed by atoms with E-state index < -0.39 is 0 Å². The number of nitrogens with zero attached hydrogens (tertiary/aromatic N) is 2. The van der Waals surface area contributed by atoms with Crippen molar-refractivity contribution in [2.75, 3.05) is 47.5 Å². The van der Waals surface area contributed by atoms with Gasteiger partial charge in [-0.25, -0.2) is 0 Å². The van der Waals surface area contributed by atoms with Crippen molar-refractivity contribution in [2.24, 2.45) is 10.4 Å². The Morgan fingerprint density at radius 2 is 1.79 bits per heavy atom. The number of aliphatic imine (C=N–C) groups is 1. The molecule has 1 aromatic rings. The first-order valence-corrected chi connectivity index (χ1v) is 9.97. The topological polar surface area (TPSA) is 55.3 Å². The number of nitrogens with one attached hydrogen (secondary N) is 1. The molecule has 0 unspecified atom stereocenters. The second kappa shape index (κ2) is 10.4. The summed E-state index contributed by atoms with van der Waals surface area (Å²) in [7, 11) is 4.99. The highest BCUT2D eigenvalue weighted by Gasteiger charge is 2.43. The van der Waals surface area contributed by atoms with Crippen molar-refractivity contribution in [2.45, 2.75) is 39.0 Å². The largest absolute Gasteiger partial charge is 0.496 e. The van der Waals surface area contributed by atoms with Gasteiger partial charge in [-0.05, 0) is 38.0 Å². The number of hydrogen-bond acceptors (Lipinski definition) is 4. The van der Waals surface area contributed by atoms with Gasteiger partial charge < -0.3 is 24.4 Å². The van der Waals surface area contributed by atoms with Gasteiger partial charge in [0.05, 0.1) is 21.3 Å². The van der Waals surface area contributed by atoms with Crippen LogP contribution in [-0.4, -0.2) is 58.4 Å². The Kier molecular flexibility index (Phi) is 8.52. The molecule has 3 rings (SSSR count). The van der Waals surface area contributed by atoms with Gasteiger partial charge in [-0.15, -0.1) is 24.0 Å². The van der Waals surface area contributed by atoms with Gasteiger partial charge in [-0.1, -0.05) is 6.42 Å². The summed E-state index contributed by atoms with van der Waals surface area (Å²) >= 11 is 0. The Morgan fingerprint density at radius 3 is 2.25 bits per heavy atom. The first kappa shape index (κ1) is 22.9. The highest BCUT2D eigenvalue weighted by atomic mass is 127. The van der Waals surface area contributed by atoms with Crippen LogP contribution in [0, 0.1) is 5.41 Å². The molecule has 0 atom stereocenters. The molecule has 0 radical (unpaired) electrons. The zero-order valence-corrected chi connectivity index (χ0v) is 19.9. The number of rotatable bonds is 7. The van der Waals surface area contributed by atoms with Crippen molar-refractivity contribution in [1.82, 2.24) is 10.2 Å². The molecule has 1 aliphatic heterocycles. The average Bonchev–Trinajstić information content (AvgIpc) is 3.13. The predicted molar refractivity (Wildman–Crippen MR) is 124 cm³/mol. The lowest BCUT2D eigenvalue weighted by atomic mass is 9.68. The summed E-state index contributed by atoms with van der Waals surface area (Å²) in [5, 5.41) is 3.47. The number of benzene rings is 1. The Hall–Kier alpha value is -1.38. The first-order chi connectivity index (χ1) is 13.1. The number of hydrogen-bond donors (Lipinski definition) is 1. The first-order valence-electron chi connectivity index (χ1n) is 9.97. The van der Waals surface area contributed by atoms with Crippen molar-refractivity contribution in [3.8, 4) is 17.2 Å².